The van der Waals surface area contributed by atoms with Gasteiger partial charge in [0.1, 0.15) is 11.3 Å². The molecule has 9 nitrogen and oxygen atoms in total. The fourth-order valence-electron chi connectivity index (χ4n) is 4.69. The summed E-state index contributed by atoms with van der Waals surface area (Å²) in [5.41, 5.74) is 4.21. The van der Waals surface area contributed by atoms with E-state index in [9.17, 15) is 4.79 Å². The number of benzene rings is 1. The SMILES string of the molecule is CCCN(C)CCCNc1c(Cl)cnc2[nH]c(-c3ccc(N4CCN(CCOC(C)C)C(=O)C4)cc3)nc12. The maximum atomic E-state index is 12.6. The molecular formula is C28H40ClN7O2. The number of amides is 1. The van der Waals surface area contributed by atoms with Crippen LogP contribution >= 0.6 is 11.6 Å². The van der Waals surface area contributed by atoms with Gasteiger partial charge in [-0.15, -0.1) is 0 Å². The van der Waals surface area contributed by atoms with Gasteiger partial charge in [0.05, 0.1) is 36.2 Å². The highest BCUT2D eigenvalue weighted by atomic mass is 35.5. The van der Waals surface area contributed by atoms with Crippen molar-refractivity contribution in [1.29, 1.82) is 0 Å². The Morgan fingerprint density at radius 2 is 2.00 bits per heavy atom. The number of hydrogen-bond donors (Lipinski definition) is 2. The Bertz CT molecular complexity index is 1200. The number of rotatable bonds is 13. The highest BCUT2D eigenvalue weighted by Gasteiger charge is 2.24. The molecule has 0 bridgehead atoms. The number of nitrogens with zero attached hydrogens (tertiary/aromatic N) is 5. The molecule has 0 atom stereocenters. The van der Waals surface area contributed by atoms with Crippen LogP contribution in [0.5, 0.6) is 0 Å². The Morgan fingerprint density at radius 3 is 2.71 bits per heavy atom. The lowest BCUT2D eigenvalue weighted by atomic mass is 10.1. The zero-order valence-electron chi connectivity index (χ0n) is 23.0. The molecule has 0 radical (unpaired) electrons. The minimum absolute atomic E-state index is 0.130. The number of aromatic amines is 1. The molecule has 2 aromatic heterocycles. The van der Waals surface area contributed by atoms with E-state index in [0.29, 0.717) is 36.9 Å². The molecule has 0 unspecified atom stereocenters. The van der Waals surface area contributed by atoms with Crippen LogP contribution in [0.15, 0.2) is 30.5 Å². The molecule has 1 amide bonds. The number of halogens is 1. The van der Waals surface area contributed by atoms with Crippen LogP contribution in [0.25, 0.3) is 22.6 Å². The number of aromatic nitrogens is 3. The summed E-state index contributed by atoms with van der Waals surface area (Å²) in [5, 5.41) is 4.03. The molecule has 206 valence electrons. The fraction of sp³-hybridized carbons (Fsp3) is 0.536. The lowest BCUT2D eigenvalue weighted by Crippen LogP contribution is -2.51. The first-order valence-corrected chi connectivity index (χ1v) is 13.9. The Kier molecular flexibility index (Phi) is 9.82. The van der Waals surface area contributed by atoms with Gasteiger partial charge in [0.2, 0.25) is 5.91 Å². The van der Waals surface area contributed by atoms with Crippen molar-refractivity contribution in [2.45, 2.75) is 39.7 Å². The normalized spacial score (nSPS) is 14.3. The number of H-pyrrole nitrogens is 1. The third-order valence-corrected chi connectivity index (χ3v) is 7.01. The van der Waals surface area contributed by atoms with Crippen molar-refractivity contribution in [2.24, 2.45) is 0 Å². The zero-order valence-corrected chi connectivity index (χ0v) is 23.7. The molecule has 10 heteroatoms. The number of anilines is 2. The summed E-state index contributed by atoms with van der Waals surface area (Å²) >= 11 is 6.49. The quantitative estimate of drug-likeness (QED) is 0.308. The fourth-order valence-corrected chi connectivity index (χ4v) is 4.89. The molecule has 0 saturated carbocycles. The van der Waals surface area contributed by atoms with Gasteiger partial charge in [-0.3, -0.25) is 4.79 Å². The summed E-state index contributed by atoms with van der Waals surface area (Å²) in [5.74, 6) is 0.864. The largest absolute Gasteiger partial charge is 0.382 e. The Morgan fingerprint density at radius 1 is 1.21 bits per heavy atom. The van der Waals surface area contributed by atoms with Gasteiger partial charge in [0.25, 0.3) is 0 Å². The number of ether oxygens (including phenoxy) is 1. The first-order chi connectivity index (χ1) is 18.4. The third-order valence-electron chi connectivity index (χ3n) is 6.73. The highest BCUT2D eigenvalue weighted by Crippen LogP contribution is 2.31. The van der Waals surface area contributed by atoms with Crippen molar-refractivity contribution in [2.75, 3.05) is 69.7 Å². The summed E-state index contributed by atoms with van der Waals surface area (Å²) in [6.45, 7) is 12.2. The van der Waals surface area contributed by atoms with Gasteiger partial charge in [-0.1, -0.05) is 18.5 Å². The van der Waals surface area contributed by atoms with Crippen molar-refractivity contribution in [3.05, 3.63) is 35.5 Å². The molecule has 0 spiro atoms. The average molecular weight is 542 g/mol. The summed E-state index contributed by atoms with van der Waals surface area (Å²) in [7, 11) is 2.15. The first-order valence-electron chi connectivity index (χ1n) is 13.6. The van der Waals surface area contributed by atoms with Crippen LogP contribution in [0.3, 0.4) is 0 Å². The molecule has 38 heavy (non-hydrogen) atoms. The number of nitrogens with one attached hydrogen (secondary N) is 2. The third kappa shape index (κ3) is 7.15. The monoisotopic (exact) mass is 541 g/mol. The molecule has 1 fully saturated rings. The standard InChI is InChI=1S/C28H40ClN7O2/c1-5-12-34(4)13-6-11-30-25-23(29)18-31-28-26(25)32-27(33-28)21-7-9-22(10-8-21)36-15-14-35(24(37)19-36)16-17-38-20(2)3/h7-10,18,20H,5-6,11-17,19H2,1-4H3,(H2,30,31,32,33). The van der Waals surface area contributed by atoms with Crippen LogP contribution < -0.4 is 10.2 Å². The van der Waals surface area contributed by atoms with E-state index in [4.69, 9.17) is 21.3 Å². The van der Waals surface area contributed by atoms with Crippen molar-refractivity contribution >= 4 is 40.0 Å². The van der Waals surface area contributed by atoms with Crippen LogP contribution in [0.2, 0.25) is 5.02 Å². The number of imidazole rings is 1. The summed E-state index contributed by atoms with van der Waals surface area (Å²) in [6.07, 6.45) is 4.00. The van der Waals surface area contributed by atoms with E-state index in [0.717, 1.165) is 67.3 Å². The van der Waals surface area contributed by atoms with Crippen LogP contribution in [0.4, 0.5) is 11.4 Å². The number of piperazine rings is 1. The van der Waals surface area contributed by atoms with Crippen molar-refractivity contribution in [1.82, 2.24) is 24.8 Å². The van der Waals surface area contributed by atoms with Gasteiger partial charge in [0.15, 0.2) is 5.65 Å². The maximum absolute atomic E-state index is 12.6. The van der Waals surface area contributed by atoms with E-state index in [1.54, 1.807) is 6.20 Å². The Labute approximate surface area is 230 Å². The lowest BCUT2D eigenvalue weighted by Gasteiger charge is -2.35. The van der Waals surface area contributed by atoms with E-state index in [2.05, 4.69) is 39.1 Å². The second-order valence-corrected chi connectivity index (χ2v) is 10.5. The minimum Gasteiger partial charge on any atom is -0.382 e. The van der Waals surface area contributed by atoms with Gasteiger partial charge in [-0.25, -0.2) is 9.97 Å². The van der Waals surface area contributed by atoms with Crippen molar-refractivity contribution in [3.63, 3.8) is 0 Å². The van der Waals surface area contributed by atoms with Gasteiger partial charge in [0, 0.05) is 37.4 Å². The summed E-state index contributed by atoms with van der Waals surface area (Å²) in [6, 6.07) is 8.14. The Balaban J connectivity index is 1.39. The van der Waals surface area contributed by atoms with E-state index in [1.807, 2.05) is 43.0 Å². The van der Waals surface area contributed by atoms with Crippen molar-refractivity contribution in [3.8, 4) is 11.4 Å². The average Bonchev–Trinajstić information content (AvgIpc) is 3.33. The molecule has 0 aliphatic carbocycles. The summed E-state index contributed by atoms with van der Waals surface area (Å²) in [4.78, 5) is 31.6. The van der Waals surface area contributed by atoms with Crippen molar-refractivity contribution < 1.29 is 9.53 Å². The molecule has 1 saturated heterocycles. The number of carbonyl (C=O) groups excluding carboxylic acids is 1. The number of fused-ring (bicyclic) bond motifs is 1. The van der Waals surface area contributed by atoms with Crippen LogP contribution in [-0.4, -0.2) is 96.2 Å². The molecule has 1 aliphatic rings. The maximum Gasteiger partial charge on any atom is 0.242 e. The van der Waals surface area contributed by atoms with E-state index < -0.39 is 0 Å². The van der Waals surface area contributed by atoms with E-state index >= 15 is 0 Å². The minimum atomic E-state index is 0.130. The molecular weight excluding hydrogens is 502 g/mol. The second-order valence-electron chi connectivity index (χ2n) is 10.1. The van der Waals surface area contributed by atoms with Crippen LogP contribution in [0, 0.1) is 0 Å². The van der Waals surface area contributed by atoms with Gasteiger partial charge in [-0.2, -0.15) is 0 Å². The van der Waals surface area contributed by atoms with Gasteiger partial charge >= 0.3 is 0 Å². The van der Waals surface area contributed by atoms with Gasteiger partial charge in [-0.05, 0) is 71.1 Å². The Hall–Kier alpha value is -2.88. The van der Waals surface area contributed by atoms with Crippen LogP contribution in [0.1, 0.15) is 33.6 Å². The predicted octanol–water partition coefficient (Wildman–Crippen LogP) is 4.50. The second kappa shape index (κ2) is 13.3. The molecule has 1 aromatic carbocycles. The smallest absolute Gasteiger partial charge is 0.242 e. The molecule has 2 N–H and O–H groups in total. The van der Waals surface area contributed by atoms with Crippen LogP contribution in [-0.2, 0) is 9.53 Å². The molecule has 3 aromatic rings. The first kappa shape index (κ1) is 28.1. The molecule has 4 rings (SSSR count). The number of pyridine rings is 1. The van der Waals surface area contributed by atoms with Gasteiger partial charge < -0.3 is 29.7 Å². The highest BCUT2D eigenvalue weighted by molar-refractivity contribution is 6.34. The zero-order chi connectivity index (χ0) is 27.1. The predicted molar refractivity (Wildman–Crippen MR) is 155 cm³/mol. The van der Waals surface area contributed by atoms with E-state index in [1.165, 1.54) is 0 Å². The molecule has 1 aliphatic heterocycles. The topological polar surface area (TPSA) is 89.6 Å². The lowest BCUT2D eigenvalue weighted by molar-refractivity contribution is -0.132. The number of carbonyl (C=O) groups is 1. The van der Waals surface area contributed by atoms with E-state index in [-0.39, 0.29) is 12.0 Å². The summed E-state index contributed by atoms with van der Waals surface area (Å²) < 4.78 is 5.60. The number of hydrogen-bond acceptors (Lipinski definition) is 7. The molecule has 3 heterocycles.